The minimum absolute atomic E-state index is 0.0700. The topological polar surface area (TPSA) is 91.2 Å². The van der Waals surface area contributed by atoms with Crippen LogP contribution >= 0.6 is 0 Å². The molecule has 4 atom stereocenters. The van der Waals surface area contributed by atoms with E-state index in [9.17, 15) is 4.79 Å². The average Bonchev–Trinajstić information content (AvgIpc) is 2.39. The number of piperazine rings is 1. The van der Waals surface area contributed by atoms with Crippen LogP contribution in [0.3, 0.4) is 0 Å². The van der Waals surface area contributed by atoms with Crippen LogP contribution in [0.1, 0.15) is 11.6 Å². The molecular formula is C12H17N5O. The smallest absolute Gasteiger partial charge is 0.242 e. The molecule has 0 radical (unpaired) electrons. The summed E-state index contributed by atoms with van der Waals surface area (Å²) in [6.45, 7) is 0.762. The summed E-state index contributed by atoms with van der Waals surface area (Å²) in [6.07, 6.45) is -0.602. The summed E-state index contributed by atoms with van der Waals surface area (Å²) in [6, 6.07) is 9.92. The standard InChI is InChI=1S/C12H17N5O/c13-12-16-10-9(11(18)17-12)15-8(6-14-10)7-4-2-1-3-5-7/h1-5,8-10,12,14-16H,6,13H2,(H,17,18). The minimum atomic E-state index is -0.485. The molecule has 2 aliphatic rings. The van der Waals surface area contributed by atoms with Gasteiger partial charge in [0.2, 0.25) is 5.91 Å². The molecule has 2 fully saturated rings. The van der Waals surface area contributed by atoms with Gasteiger partial charge in [-0.05, 0) is 5.56 Å². The molecule has 1 amide bonds. The third kappa shape index (κ3) is 2.11. The predicted molar refractivity (Wildman–Crippen MR) is 67.2 cm³/mol. The number of nitrogens with one attached hydrogen (secondary N) is 4. The molecule has 3 rings (SSSR count). The van der Waals surface area contributed by atoms with Crippen LogP contribution in [-0.2, 0) is 4.79 Å². The molecular weight excluding hydrogens is 230 g/mol. The average molecular weight is 247 g/mol. The highest BCUT2D eigenvalue weighted by Gasteiger charge is 2.39. The number of carbonyl (C=O) groups excluding carboxylic acids is 1. The van der Waals surface area contributed by atoms with Crippen molar-refractivity contribution in [3.05, 3.63) is 35.9 Å². The molecule has 6 heteroatoms. The maximum Gasteiger partial charge on any atom is 0.242 e. The van der Waals surface area contributed by atoms with Gasteiger partial charge in [-0.15, -0.1) is 0 Å². The molecule has 6 nitrogen and oxygen atoms in total. The fraction of sp³-hybridized carbons (Fsp3) is 0.417. The number of carbonyl (C=O) groups is 1. The largest absolute Gasteiger partial charge is 0.327 e. The van der Waals surface area contributed by atoms with E-state index in [1.807, 2.05) is 18.2 Å². The number of rotatable bonds is 1. The maximum absolute atomic E-state index is 11.9. The van der Waals surface area contributed by atoms with E-state index >= 15 is 0 Å². The summed E-state index contributed by atoms with van der Waals surface area (Å²) in [5.41, 5.74) is 6.84. The molecule has 2 aliphatic heterocycles. The highest BCUT2D eigenvalue weighted by atomic mass is 16.2. The fourth-order valence-corrected chi connectivity index (χ4v) is 2.49. The van der Waals surface area contributed by atoms with Gasteiger partial charge in [-0.3, -0.25) is 26.5 Å². The molecule has 0 aliphatic carbocycles. The van der Waals surface area contributed by atoms with E-state index in [2.05, 4.69) is 33.4 Å². The van der Waals surface area contributed by atoms with Crippen LogP contribution in [0.2, 0.25) is 0 Å². The minimum Gasteiger partial charge on any atom is -0.327 e. The summed E-state index contributed by atoms with van der Waals surface area (Å²) in [5, 5.41) is 12.4. The highest BCUT2D eigenvalue weighted by Crippen LogP contribution is 2.17. The van der Waals surface area contributed by atoms with Crippen molar-refractivity contribution in [2.24, 2.45) is 5.73 Å². The lowest BCUT2D eigenvalue weighted by atomic mass is 10.00. The van der Waals surface area contributed by atoms with Gasteiger partial charge >= 0.3 is 0 Å². The van der Waals surface area contributed by atoms with Crippen molar-refractivity contribution < 1.29 is 4.79 Å². The van der Waals surface area contributed by atoms with Gasteiger partial charge in [0.05, 0.1) is 6.17 Å². The molecule has 4 unspecified atom stereocenters. The Morgan fingerprint density at radius 3 is 2.72 bits per heavy atom. The quantitative estimate of drug-likeness (QED) is 0.420. The number of fused-ring (bicyclic) bond motifs is 1. The lowest BCUT2D eigenvalue weighted by Crippen LogP contribution is -2.76. The summed E-state index contributed by atoms with van der Waals surface area (Å²) in [7, 11) is 0. The van der Waals surface area contributed by atoms with E-state index in [1.165, 1.54) is 5.56 Å². The van der Waals surface area contributed by atoms with E-state index in [1.54, 1.807) is 0 Å². The molecule has 18 heavy (non-hydrogen) atoms. The van der Waals surface area contributed by atoms with E-state index in [-0.39, 0.29) is 24.2 Å². The molecule has 2 heterocycles. The van der Waals surface area contributed by atoms with E-state index in [0.717, 1.165) is 6.54 Å². The highest BCUT2D eigenvalue weighted by molar-refractivity contribution is 5.83. The number of hydrogen-bond acceptors (Lipinski definition) is 5. The molecule has 6 N–H and O–H groups in total. The number of nitrogens with two attached hydrogens (primary N) is 1. The fourth-order valence-electron chi connectivity index (χ4n) is 2.49. The summed E-state index contributed by atoms with van der Waals surface area (Å²) in [5.74, 6) is -0.0700. The molecule has 0 bridgehead atoms. The number of benzene rings is 1. The first kappa shape index (κ1) is 11.6. The van der Waals surface area contributed by atoms with Gasteiger partial charge in [-0.1, -0.05) is 30.3 Å². The second-order valence-electron chi connectivity index (χ2n) is 4.65. The lowest BCUT2D eigenvalue weighted by molar-refractivity contribution is -0.128. The Hall–Kier alpha value is -1.47. The van der Waals surface area contributed by atoms with Crippen LogP contribution < -0.4 is 27.0 Å². The second kappa shape index (κ2) is 4.66. The molecule has 0 spiro atoms. The maximum atomic E-state index is 11.9. The first-order chi connectivity index (χ1) is 8.74. The predicted octanol–water partition coefficient (Wildman–Crippen LogP) is -1.42. The summed E-state index contributed by atoms with van der Waals surface area (Å²) < 4.78 is 0. The number of amides is 1. The van der Waals surface area contributed by atoms with Gasteiger partial charge in [0.1, 0.15) is 12.3 Å². The lowest BCUT2D eigenvalue weighted by Gasteiger charge is -2.42. The zero-order chi connectivity index (χ0) is 12.5. The van der Waals surface area contributed by atoms with Gasteiger partial charge < -0.3 is 5.32 Å². The van der Waals surface area contributed by atoms with Gasteiger partial charge in [0.25, 0.3) is 0 Å². The summed E-state index contributed by atoms with van der Waals surface area (Å²) in [4.78, 5) is 11.9. The van der Waals surface area contributed by atoms with Crippen LogP contribution in [-0.4, -0.2) is 30.9 Å². The van der Waals surface area contributed by atoms with Gasteiger partial charge in [0.15, 0.2) is 0 Å². The van der Waals surface area contributed by atoms with Gasteiger partial charge in [-0.25, -0.2) is 0 Å². The Bertz CT molecular complexity index is 437. The zero-order valence-corrected chi connectivity index (χ0v) is 9.89. The Morgan fingerprint density at radius 1 is 1.17 bits per heavy atom. The van der Waals surface area contributed by atoms with Crippen molar-refractivity contribution in [3.8, 4) is 0 Å². The van der Waals surface area contributed by atoms with Crippen LogP contribution in [0.4, 0.5) is 0 Å². The monoisotopic (exact) mass is 247 g/mol. The molecule has 0 saturated carbocycles. The normalized spacial score (nSPS) is 35.7. The van der Waals surface area contributed by atoms with Crippen molar-refractivity contribution >= 4 is 5.91 Å². The van der Waals surface area contributed by atoms with Crippen molar-refractivity contribution in [1.29, 1.82) is 0 Å². The summed E-state index contributed by atoms with van der Waals surface area (Å²) >= 11 is 0. The van der Waals surface area contributed by atoms with E-state index < -0.39 is 6.29 Å². The Morgan fingerprint density at radius 2 is 1.94 bits per heavy atom. The molecule has 1 aromatic rings. The van der Waals surface area contributed by atoms with Crippen molar-refractivity contribution in [2.45, 2.75) is 24.5 Å². The van der Waals surface area contributed by atoms with Crippen molar-refractivity contribution in [3.63, 3.8) is 0 Å². The molecule has 1 aromatic carbocycles. The SMILES string of the molecule is NC1NC(=O)C2NC(c3ccccc3)CNC2N1. The molecule has 96 valence electrons. The molecule has 2 saturated heterocycles. The van der Waals surface area contributed by atoms with Gasteiger partial charge in [-0.2, -0.15) is 0 Å². The van der Waals surface area contributed by atoms with Gasteiger partial charge in [0, 0.05) is 12.6 Å². The van der Waals surface area contributed by atoms with Crippen molar-refractivity contribution in [1.82, 2.24) is 21.3 Å². The first-order valence-corrected chi connectivity index (χ1v) is 6.10. The Balaban J connectivity index is 1.75. The second-order valence-corrected chi connectivity index (χ2v) is 4.65. The third-order valence-corrected chi connectivity index (χ3v) is 3.40. The van der Waals surface area contributed by atoms with Crippen molar-refractivity contribution in [2.75, 3.05) is 6.54 Å². The Labute approximate surface area is 105 Å². The Kier molecular flexibility index (Phi) is 3.00. The van der Waals surface area contributed by atoms with Crippen LogP contribution in [0.25, 0.3) is 0 Å². The van der Waals surface area contributed by atoms with E-state index in [0.29, 0.717) is 0 Å². The van der Waals surface area contributed by atoms with Crippen LogP contribution in [0.5, 0.6) is 0 Å². The third-order valence-electron chi connectivity index (χ3n) is 3.40. The van der Waals surface area contributed by atoms with Crippen LogP contribution in [0.15, 0.2) is 30.3 Å². The van der Waals surface area contributed by atoms with E-state index in [4.69, 9.17) is 5.73 Å². The van der Waals surface area contributed by atoms with Crippen LogP contribution in [0, 0.1) is 0 Å². The zero-order valence-electron chi connectivity index (χ0n) is 9.89. The molecule has 0 aromatic heterocycles. The number of hydrogen-bond donors (Lipinski definition) is 5. The first-order valence-electron chi connectivity index (χ1n) is 6.10.